The van der Waals surface area contributed by atoms with Crippen molar-refractivity contribution in [3.8, 4) is 0 Å². The molecule has 0 aromatic heterocycles. The molecular weight excluding hydrogens is 258 g/mol. The Balaban J connectivity index is 2.00. The third kappa shape index (κ3) is 3.80. The molecule has 2 aliphatic carbocycles. The third-order valence-corrected chi connectivity index (χ3v) is 6.31. The van der Waals surface area contributed by atoms with Gasteiger partial charge in [0.2, 0.25) is 0 Å². The van der Waals surface area contributed by atoms with Crippen molar-refractivity contribution in [2.75, 3.05) is 34.2 Å². The van der Waals surface area contributed by atoms with Crippen molar-refractivity contribution >= 4 is 0 Å². The predicted molar refractivity (Wildman–Crippen MR) is 91.8 cm³/mol. The van der Waals surface area contributed by atoms with Crippen LogP contribution in [0.15, 0.2) is 0 Å². The second kappa shape index (κ2) is 7.43. The van der Waals surface area contributed by atoms with Crippen molar-refractivity contribution in [2.45, 2.75) is 76.4 Å². The zero-order chi connectivity index (χ0) is 15.5. The summed E-state index contributed by atoms with van der Waals surface area (Å²) in [4.78, 5) is 5.17. The lowest BCUT2D eigenvalue weighted by Crippen LogP contribution is -2.61. The zero-order valence-corrected chi connectivity index (χ0v) is 15.0. The summed E-state index contributed by atoms with van der Waals surface area (Å²) in [7, 11) is 6.91. The molecule has 3 unspecified atom stereocenters. The summed E-state index contributed by atoms with van der Waals surface area (Å²) in [5.74, 6) is 0.934. The van der Waals surface area contributed by atoms with Crippen LogP contribution in [-0.4, -0.2) is 61.7 Å². The van der Waals surface area contributed by atoms with Crippen molar-refractivity contribution in [3.05, 3.63) is 0 Å². The minimum Gasteiger partial charge on any atom is -0.313 e. The van der Waals surface area contributed by atoms with E-state index in [1.54, 1.807) is 0 Å². The molecule has 2 fully saturated rings. The average molecular weight is 296 g/mol. The summed E-state index contributed by atoms with van der Waals surface area (Å²) >= 11 is 0. The standard InChI is InChI=1S/C18H37N3/c1-6-15-9-10-16(19-7-2)17(13-15)21(5)14-18(20(3)4)11-8-12-18/h15-17,19H,6-14H2,1-5H3. The molecule has 0 bridgehead atoms. The third-order valence-electron chi connectivity index (χ3n) is 6.31. The van der Waals surface area contributed by atoms with Crippen LogP contribution in [0.1, 0.15) is 58.8 Å². The molecule has 21 heavy (non-hydrogen) atoms. The highest BCUT2D eigenvalue weighted by molar-refractivity contribution is 5.00. The summed E-state index contributed by atoms with van der Waals surface area (Å²) in [5, 5.41) is 3.76. The van der Waals surface area contributed by atoms with E-state index in [4.69, 9.17) is 0 Å². The van der Waals surface area contributed by atoms with Crippen molar-refractivity contribution in [1.29, 1.82) is 0 Å². The highest BCUT2D eigenvalue weighted by Crippen LogP contribution is 2.38. The van der Waals surface area contributed by atoms with Crippen molar-refractivity contribution in [2.24, 2.45) is 5.92 Å². The molecule has 0 heterocycles. The smallest absolute Gasteiger partial charge is 0.0330 e. The topological polar surface area (TPSA) is 18.5 Å². The largest absolute Gasteiger partial charge is 0.313 e. The average Bonchev–Trinajstić information content (AvgIpc) is 2.43. The van der Waals surface area contributed by atoms with Crippen LogP contribution < -0.4 is 5.32 Å². The van der Waals surface area contributed by atoms with Gasteiger partial charge in [-0.05, 0) is 72.1 Å². The highest BCUT2D eigenvalue weighted by atomic mass is 15.3. The number of hydrogen-bond donors (Lipinski definition) is 1. The van der Waals surface area contributed by atoms with Crippen LogP contribution in [0.5, 0.6) is 0 Å². The molecule has 2 saturated carbocycles. The lowest BCUT2D eigenvalue weighted by molar-refractivity contribution is 0.000663. The van der Waals surface area contributed by atoms with Crippen LogP contribution in [0.3, 0.4) is 0 Å². The van der Waals surface area contributed by atoms with Crippen LogP contribution in [0.2, 0.25) is 0 Å². The van der Waals surface area contributed by atoms with Crippen molar-refractivity contribution < 1.29 is 0 Å². The van der Waals surface area contributed by atoms with Gasteiger partial charge < -0.3 is 15.1 Å². The first-order valence-corrected chi connectivity index (χ1v) is 9.13. The molecule has 3 nitrogen and oxygen atoms in total. The van der Waals surface area contributed by atoms with Gasteiger partial charge in [0.15, 0.2) is 0 Å². The van der Waals surface area contributed by atoms with Crippen LogP contribution in [0.25, 0.3) is 0 Å². The van der Waals surface area contributed by atoms with E-state index in [0.717, 1.165) is 18.5 Å². The molecule has 0 aromatic carbocycles. The maximum Gasteiger partial charge on any atom is 0.0330 e. The Hall–Kier alpha value is -0.120. The fraction of sp³-hybridized carbons (Fsp3) is 1.00. The molecular formula is C18H37N3. The molecule has 3 heteroatoms. The van der Waals surface area contributed by atoms with Gasteiger partial charge in [0.05, 0.1) is 0 Å². The molecule has 3 atom stereocenters. The monoisotopic (exact) mass is 295 g/mol. The molecule has 0 aromatic rings. The molecule has 2 rings (SSSR count). The zero-order valence-electron chi connectivity index (χ0n) is 15.0. The molecule has 0 radical (unpaired) electrons. The number of nitrogens with zero attached hydrogens (tertiary/aromatic N) is 2. The number of rotatable bonds is 7. The first-order valence-electron chi connectivity index (χ1n) is 9.13. The Morgan fingerprint density at radius 1 is 1.10 bits per heavy atom. The normalized spacial score (nSPS) is 32.4. The highest BCUT2D eigenvalue weighted by Gasteiger charge is 2.42. The van der Waals surface area contributed by atoms with Gasteiger partial charge in [0.1, 0.15) is 0 Å². The fourth-order valence-electron chi connectivity index (χ4n) is 4.50. The Labute approximate surface area is 132 Å². The maximum atomic E-state index is 3.76. The van der Waals surface area contributed by atoms with Gasteiger partial charge in [0, 0.05) is 24.2 Å². The first kappa shape index (κ1) is 17.2. The first-order chi connectivity index (χ1) is 10.0. The van der Waals surface area contributed by atoms with Crippen LogP contribution >= 0.6 is 0 Å². The lowest BCUT2D eigenvalue weighted by Gasteiger charge is -2.52. The van der Waals surface area contributed by atoms with E-state index in [2.05, 4.69) is 50.1 Å². The van der Waals surface area contributed by atoms with Gasteiger partial charge in [-0.15, -0.1) is 0 Å². The number of likely N-dealkylation sites (N-methyl/N-ethyl adjacent to an activating group) is 3. The fourth-order valence-corrected chi connectivity index (χ4v) is 4.50. The van der Waals surface area contributed by atoms with Crippen LogP contribution in [0, 0.1) is 5.92 Å². The quantitative estimate of drug-likeness (QED) is 0.779. The summed E-state index contributed by atoms with van der Waals surface area (Å²) in [5.41, 5.74) is 0.449. The van der Waals surface area contributed by atoms with Gasteiger partial charge >= 0.3 is 0 Å². The van der Waals surface area contributed by atoms with Crippen LogP contribution in [-0.2, 0) is 0 Å². The maximum absolute atomic E-state index is 3.76. The molecule has 0 saturated heterocycles. The molecule has 0 spiro atoms. The van der Waals surface area contributed by atoms with Crippen molar-refractivity contribution in [3.63, 3.8) is 0 Å². The van der Waals surface area contributed by atoms with E-state index in [1.165, 1.54) is 51.5 Å². The molecule has 0 aliphatic heterocycles. The number of hydrogen-bond acceptors (Lipinski definition) is 3. The second-order valence-electron chi connectivity index (χ2n) is 7.71. The summed E-state index contributed by atoms with van der Waals surface area (Å²) in [6.45, 7) is 6.95. The number of nitrogens with one attached hydrogen (secondary N) is 1. The van der Waals surface area contributed by atoms with Gasteiger partial charge in [-0.2, -0.15) is 0 Å². The van der Waals surface area contributed by atoms with E-state index in [0.29, 0.717) is 11.6 Å². The Bertz CT molecular complexity index is 312. The van der Waals surface area contributed by atoms with E-state index in [9.17, 15) is 0 Å². The molecule has 0 amide bonds. The van der Waals surface area contributed by atoms with E-state index >= 15 is 0 Å². The van der Waals surface area contributed by atoms with Gasteiger partial charge in [-0.25, -0.2) is 0 Å². The van der Waals surface area contributed by atoms with Gasteiger partial charge in [-0.1, -0.05) is 20.3 Å². The van der Waals surface area contributed by atoms with Crippen LogP contribution in [0.4, 0.5) is 0 Å². The summed E-state index contributed by atoms with van der Waals surface area (Å²) in [6, 6.07) is 1.42. The van der Waals surface area contributed by atoms with Gasteiger partial charge in [0.25, 0.3) is 0 Å². The minimum atomic E-state index is 0.449. The van der Waals surface area contributed by atoms with E-state index in [1.807, 2.05) is 0 Å². The van der Waals surface area contributed by atoms with Crippen molar-refractivity contribution in [1.82, 2.24) is 15.1 Å². The second-order valence-corrected chi connectivity index (χ2v) is 7.71. The van der Waals surface area contributed by atoms with E-state index < -0.39 is 0 Å². The SMILES string of the molecule is CCNC1CCC(CC)CC1N(C)CC1(N(C)C)CCC1. The Kier molecular flexibility index (Phi) is 6.10. The molecule has 1 N–H and O–H groups in total. The Morgan fingerprint density at radius 3 is 2.29 bits per heavy atom. The van der Waals surface area contributed by atoms with E-state index in [-0.39, 0.29) is 0 Å². The minimum absolute atomic E-state index is 0.449. The molecule has 2 aliphatic rings. The summed E-state index contributed by atoms with van der Waals surface area (Å²) < 4.78 is 0. The summed E-state index contributed by atoms with van der Waals surface area (Å²) in [6.07, 6.45) is 9.66. The predicted octanol–water partition coefficient (Wildman–Crippen LogP) is 2.96. The Morgan fingerprint density at radius 2 is 1.81 bits per heavy atom. The lowest BCUT2D eigenvalue weighted by atomic mass is 9.74. The molecule has 124 valence electrons. The van der Waals surface area contributed by atoms with Gasteiger partial charge in [-0.3, -0.25) is 0 Å².